The molecule has 1 N–H and O–H groups in total. The molecular weight excluding hydrogens is 308 g/mol. The molecule has 1 aromatic rings. The molecule has 2 saturated heterocycles. The van der Waals surface area contributed by atoms with Gasteiger partial charge in [0, 0.05) is 30.5 Å². The Morgan fingerprint density at radius 2 is 1.92 bits per heavy atom. The molecule has 3 aliphatic rings. The van der Waals surface area contributed by atoms with E-state index in [1.54, 1.807) is 0 Å². The molecule has 25 heavy (non-hydrogen) atoms. The van der Waals surface area contributed by atoms with Crippen molar-refractivity contribution in [1.29, 1.82) is 0 Å². The van der Waals surface area contributed by atoms with Gasteiger partial charge in [0.25, 0.3) is 0 Å². The zero-order chi connectivity index (χ0) is 17.2. The summed E-state index contributed by atoms with van der Waals surface area (Å²) < 4.78 is 0. The van der Waals surface area contributed by atoms with E-state index in [2.05, 4.69) is 41.4 Å². The van der Waals surface area contributed by atoms with Crippen molar-refractivity contribution in [2.24, 2.45) is 5.92 Å². The Morgan fingerprint density at radius 1 is 1.16 bits per heavy atom. The van der Waals surface area contributed by atoms with E-state index in [4.69, 9.17) is 0 Å². The van der Waals surface area contributed by atoms with E-state index < -0.39 is 0 Å². The Balaban J connectivity index is 1.33. The predicted molar refractivity (Wildman–Crippen MR) is 102 cm³/mol. The summed E-state index contributed by atoms with van der Waals surface area (Å²) in [5.74, 6) is 1.06. The molecule has 3 nitrogen and oxygen atoms in total. The van der Waals surface area contributed by atoms with Gasteiger partial charge in [0.15, 0.2) is 0 Å². The second kappa shape index (κ2) is 7.49. The van der Waals surface area contributed by atoms with Crippen LogP contribution in [0, 0.1) is 5.92 Å². The predicted octanol–water partition coefficient (Wildman–Crippen LogP) is 3.88. The molecule has 2 heterocycles. The Bertz CT molecular complexity index is 600. The summed E-state index contributed by atoms with van der Waals surface area (Å²) in [4.78, 5) is 15.5. The van der Waals surface area contributed by atoms with Crippen LogP contribution in [0.3, 0.4) is 0 Å². The summed E-state index contributed by atoms with van der Waals surface area (Å²) in [5.41, 5.74) is 2.95. The number of amides is 1. The summed E-state index contributed by atoms with van der Waals surface area (Å²) in [5, 5.41) is 3.32. The van der Waals surface area contributed by atoms with Gasteiger partial charge in [0.2, 0.25) is 5.91 Å². The van der Waals surface area contributed by atoms with Gasteiger partial charge in [-0.2, -0.15) is 0 Å². The molecule has 1 aliphatic carbocycles. The molecule has 0 aromatic heterocycles. The van der Waals surface area contributed by atoms with Crippen molar-refractivity contribution in [1.82, 2.24) is 10.2 Å². The first kappa shape index (κ1) is 17.1. The maximum absolute atomic E-state index is 12.8. The van der Waals surface area contributed by atoms with Gasteiger partial charge in [-0.15, -0.1) is 0 Å². The lowest BCUT2D eigenvalue weighted by Gasteiger charge is -2.38. The van der Waals surface area contributed by atoms with Crippen molar-refractivity contribution >= 4 is 5.91 Å². The Hall–Kier alpha value is -1.35. The number of fused-ring (bicyclic) bond motifs is 3. The fourth-order valence-electron chi connectivity index (χ4n) is 5.55. The summed E-state index contributed by atoms with van der Waals surface area (Å²) >= 11 is 0. The second-order valence-corrected chi connectivity index (χ2v) is 8.32. The monoisotopic (exact) mass is 340 g/mol. The number of carbonyl (C=O) groups is 1. The quantitative estimate of drug-likeness (QED) is 0.882. The largest absolute Gasteiger partial charge is 0.355 e. The van der Waals surface area contributed by atoms with Gasteiger partial charge < -0.3 is 5.32 Å². The van der Waals surface area contributed by atoms with Gasteiger partial charge in [-0.25, -0.2) is 0 Å². The van der Waals surface area contributed by atoms with E-state index >= 15 is 0 Å². The van der Waals surface area contributed by atoms with Crippen LogP contribution in [0.15, 0.2) is 24.3 Å². The minimum atomic E-state index is 0.240. The van der Waals surface area contributed by atoms with Gasteiger partial charge in [0.1, 0.15) is 0 Å². The third-order valence-electron chi connectivity index (χ3n) is 6.75. The van der Waals surface area contributed by atoms with Crippen LogP contribution >= 0.6 is 0 Å². The fraction of sp³-hybridized carbons (Fsp3) is 0.682. The summed E-state index contributed by atoms with van der Waals surface area (Å²) in [6, 6.07) is 10.1. The lowest BCUT2D eigenvalue weighted by molar-refractivity contribution is -0.127. The van der Waals surface area contributed by atoms with E-state index in [1.807, 2.05) is 0 Å². The molecule has 136 valence electrons. The summed E-state index contributed by atoms with van der Waals surface area (Å²) in [6.45, 7) is 4.29. The highest BCUT2D eigenvalue weighted by Gasteiger charge is 2.42. The van der Waals surface area contributed by atoms with Crippen LogP contribution in [0.5, 0.6) is 0 Å². The van der Waals surface area contributed by atoms with Crippen molar-refractivity contribution in [2.45, 2.75) is 76.3 Å². The van der Waals surface area contributed by atoms with Crippen molar-refractivity contribution in [3.8, 4) is 0 Å². The summed E-state index contributed by atoms with van der Waals surface area (Å²) in [7, 11) is 0. The van der Waals surface area contributed by atoms with Crippen LogP contribution in [0.2, 0.25) is 0 Å². The van der Waals surface area contributed by atoms with E-state index in [-0.39, 0.29) is 5.92 Å². The lowest BCUT2D eigenvalue weighted by atomic mass is 9.82. The minimum absolute atomic E-state index is 0.240. The van der Waals surface area contributed by atoms with Crippen LogP contribution in [0.25, 0.3) is 0 Å². The van der Waals surface area contributed by atoms with E-state index in [0.717, 1.165) is 19.4 Å². The number of benzene rings is 1. The highest BCUT2D eigenvalue weighted by atomic mass is 16.1. The SMILES string of the molecule is CCCN1[C@H]2CC[C@H]1CC(C(=O)NC[C@@H]1CCCc3ccccc31)C2. The third kappa shape index (κ3) is 3.48. The van der Waals surface area contributed by atoms with Crippen LogP contribution in [-0.4, -0.2) is 36.0 Å². The van der Waals surface area contributed by atoms with Crippen molar-refractivity contribution < 1.29 is 4.79 Å². The third-order valence-corrected chi connectivity index (χ3v) is 6.75. The van der Waals surface area contributed by atoms with Gasteiger partial charge in [-0.1, -0.05) is 31.2 Å². The number of aryl methyl sites for hydroxylation is 1. The molecule has 4 rings (SSSR count). The Kier molecular flexibility index (Phi) is 5.12. The van der Waals surface area contributed by atoms with Crippen molar-refractivity contribution in [3.63, 3.8) is 0 Å². The number of nitrogens with zero attached hydrogens (tertiary/aromatic N) is 1. The van der Waals surface area contributed by atoms with Crippen molar-refractivity contribution in [3.05, 3.63) is 35.4 Å². The van der Waals surface area contributed by atoms with Gasteiger partial charge in [-0.05, 0) is 69.0 Å². The lowest BCUT2D eigenvalue weighted by Crippen LogP contribution is -2.47. The molecule has 2 fully saturated rings. The van der Waals surface area contributed by atoms with Crippen LogP contribution in [0.4, 0.5) is 0 Å². The minimum Gasteiger partial charge on any atom is -0.355 e. The standard InChI is InChI=1S/C22H32N2O/c1-2-12-24-19-10-11-20(24)14-18(13-19)22(25)23-15-17-8-5-7-16-6-3-4-9-21(16)17/h3-4,6,9,17-20H,2,5,7-8,10-15H2,1H3,(H,23,25)/t17-,19-,20-/m0/s1. The molecule has 2 bridgehead atoms. The molecule has 3 atom stereocenters. The first-order valence-electron chi connectivity index (χ1n) is 10.4. The van der Waals surface area contributed by atoms with Crippen LogP contribution < -0.4 is 5.32 Å². The highest BCUT2D eigenvalue weighted by Crippen LogP contribution is 2.39. The number of rotatable bonds is 5. The zero-order valence-corrected chi connectivity index (χ0v) is 15.5. The number of hydrogen-bond acceptors (Lipinski definition) is 2. The van der Waals surface area contributed by atoms with E-state index in [9.17, 15) is 4.79 Å². The molecule has 0 unspecified atom stereocenters. The van der Waals surface area contributed by atoms with Crippen LogP contribution in [0.1, 0.15) is 68.9 Å². The Morgan fingerprint density at radius 3 is 2.68 bits per heavy atom. The highest BCUT2D eigenvalue weighted by molar-refractivity contribution is 5.79. The maximum Gasteiger partial charge on any atom is 0.223 e. The van der Waals surface area contributed by atoms with Gasteiger partial charge >= 0.3 is 0 Å². The number of nitrogens with one attached hydrogen (secondary N) is 1. The molecule has 1 amide bonds. The fourth-order valence-corrected chi connectivity index (χ4v) is 5.55. The maximum atomic E-state index is 12.8. The molecule has 3 heteroatoms. The molecule has 0 spiro atoms. The van der Waals surface area contributed by atoms with Crippen LogP contribution in [-0.2, 0) is 11.2 Å². The first-order valence-corrected chi connectivity index (χ1v) is 10.4. The topological polar surface area (TPSA) is 32.3 Å². The summed E-state index contributed by atoms with van der Waals surface area (Å²) in [6.07, 6.45) is 9.61. The number of carbonyl (C=O) groups excluding carboxylic acids is 1. The Labute approximate surface area is 152 Å². The van der Waals surface area contributed by atoms with Crippen molar-refractivity contribution in [2.75, 3.05) is 13.1 Å². The average Bonchev–Trinajstić information content (AvgIpc) is 2.88. The normalized spacial score (nSPS) is 31.6. The average molecular weight is 341 g/mol. The number of hydrogen-bond donors (Lipinski definition) is 1. The zero-order valence-electron chi connectivity index (χ0n) is 15.5. The van der Waals surface area contributed by atoms with Gasteiger partial charge in [-0.3, -0.25) is 9.69 Å². The van der Waals surface area contributed by atoms with Gasteiger partial charge in [0.05, 0.1) is 0 Å². The molecule has 2 aliphatic heterocycles. The van der Waals surface area contributed by atoms with E-state index in [0.29, 0.717) is 23.9 Å². The smallest absolute Gasteiger partial charge is 0.223 e. The number of piperidine rings is 1. The van der Waals surface area contributed by atoms with E-state index in [1.165, 1.54) is 56.2 Å². The molecule has 1 aromatic carbocycles. The first-order chi connectivity index (χ1) is 12.3. The second-order valence-electron chi connectivity index (χ2n) is 8.32. The molecule has 0 radical (unpaired) electrons. The molecular formula is C22H32N2O. The molecule has 0 saturated carbocycles.